The van der Waals surface area contributed by atoms with Gasteiger partial charge in [0, 0.05) is 0 Å². The summed E-state index contributed by atoms with van der Waals surface area (Å²) in [4.78, 5) is 21.9. The van der Waals surface area contributed by atoms with Crippen molar-refractivity contribution in [1.29, 1.82) is 0 Å². The molecule has 29 heavy (non-hydrogen) atoms. The second-order valence-electron chi connectivity index (χ2n) is 8.23. The fourth-order valence-corrected chi connectivity index (χ4v) is 3.30. The van der Waals surface area contributed by atoms with Gasteiger partial charge in [0.15, 0.2) is 6.10 Å². The topological polar surface area (TPSA) is 83.8 Å². The van der Waals surface area contributed by atoms with E-state index in [1.165, 1.54) is 30.4 Å². The van der Waals surface area contributed by atoms with Crippen LogP contribution in [0, 0.1) is 5.41 Å². The Labute approximate surface area is 174 Å². The van der Waals surface area contributed by atoms with Crippen molar-refractivity contribution in [2.24, 2.45) is 5.41 Å². The number of ether oxygens (including phenoxy) is 1. The Morgan fingerprint density at radius 1 is 1.21 bits per heavy atom. The summed E-state index contributed by atoms with van der Waals surface area (Å²) < 4.78 is 4.84. The first-order valence-electron chi connectivity index (χ1n) is 9.99. The van der Waals surface area contributed by atoms with Crippen molar-refractivity contribution in [2.75, 3.05) is 6.61 Å². The van der Waals surface area contributed by atoms with Crippen LogP contribution in [0.2, 0.25) is 0 Å². The van der Waals surface area contributed by atoms with Crippen molar-refractivity contribution in [2.45, 2.75) is 66.4 Å². The fourth-order valence-electron chi connectivity index (χ4n) is 3.30. The van der Waals surface area contributed by atoms with E-state index in [1.54, 1.807) is 6.08 Å². The van der Waals surface area contributed by atoms with Gasteiger partial charge in [0.2, 0.25) is 0 Å². The molecule has 0 amide bonds. The van der Waals surface area contributed by atoms with Crippen LogP contribution >= 0.6 is 0 Å². The van der Waals surface area contributed by atoms with Gasteiger partial charge in [-0.3, -0.25) is 4.79 Å². The molecule has 160 valence electrons. The first-order valence-corrected chi connectivity index (χ1v) is 9.99. The van der Waals surface area contributed by atoms with E-state index in [0.29, 0.717) is 0 Å². The Hall–Kier alpha value is -2.40. The normalized spacial score (nSPS) is 19.1. The van der Waals surface area contributed by atoms with Crippen molar-refractivity contribution in [1.82, 2.24) is 0 Å². The van der Waals surface area contributed by atoms with E-state index in [-0.39, 0.29) is 12.0 Å². The van der Waals surface area contributed by atoms with E-state index in [2.05, 4.69) is 39.8 Å². The molecule has 1 atom stereocenters. The van der Waals surface area contributed by atoms with Crippen molar-refractivity contribution >= 4 is 11.9 Å². The Morgan fingerprint density at radius 2 is 1.90 bits per heavy atom. The van der Waals surface area contributed by atoms with E-state index in [4.69, 9.17) is 9.84 Å². The minimum Gasteiger partial charge on any atom is -0.481 e. The predicted molar refractivity (Wildman–Crippen MR) is 115 cm³/mol. The van der Waals surface area contributed by atoms with Crippen LogP contribution in [0.15, 0.2) is 58.7 Å². The average Bonchev–Trinajstić information content (AvgIpc) is 2.60. The maximum absolute atomic E-state index is 11.4. The van der Waals surface area contributed by atoms with E-state index >= 15 is 0 Å². The highest BCUT2D eigenvalue weighted by molar-refractivity contribution is 5.80. The highest BCUT2D eigenvalue weighted by Gasteiger charge is 2.26. The number of carboxylic acid groups (broad SMARTS) is 1. The van der Waals surface area contributed by atoms with Crippen molar-refractivity contribution < 1.29 is 24.5 Å². The van der Waals surface area contributed by atoms with Crippen LogP contribution < -0.4 is 0 Å². The van der Waals surface area contributed by atoms with Gasteiger partial charge >= 0.3 is 11.9 Å². The number of carboxylic acids is 1. The lowest BCUT2D eigenvalue weighted by molar-refractivity contribution is -0.157. The highest BCUT2D eigenvalue weighted by atomic mass is 16.5. The number of esters is 1. The summed E-state index contributed by atoms with van der Waals surface area (Å²) >= 11 is 0. The van der Waals surface area contributed by atoms with Crippen LogP contribution in [0.4, 0.5) is 0 Å². The zero-order valence-corrected chi connectivity index (χ0v) is 18.2. The number of aliphatic hydroxyl groups is 1. The molecular formula is C24H34O5. The molecule has 1 aliphatic carbocycles. The molecule has 2 N–H and O–H groups in total. The molecule has 0 spiro atoms. The van der Waals surface area contributed by atoms with Gasteiger partial charge < -0.3 is 14.9 Å². The minimum atomic E-state index is -1.64. The molecule has 0 aliphatic heterocycles. The minimum absolute atomic E-state index is 0.0171. The number of allylic oxidation sites excluding steroid dienone is 9. The van der Waals surface area contributed by atoms with Crippen molar-refractivity contribution in [3.05, 3.63) is 58.7 Å². The Balaban J connectivity index is 2.57. The second kappa shape index (κ2) is 11.6. The smallest absolute Gasteiger partial charge is 0.335 e. The van der Waals surface area contributed by atoms with E-state index in [1.807, 2.05) is 25.2 Å². The third-order valence-corrected chi connectivity index (χ3v) is 5.04. The summed E-state index contributed by atoms with van der Waals surface area (Å²) in [5.74, 6) is -2.18. The quantitative estimate of drug-likeness (QED) is 0.423. The van der Waals surface area contributed by atoms with Gasteiger partial charge in [-0.05, 0) is 57.1 Å². The van der Waals surface area contributed by atoms with E-state index < -0.39 is 24.5 Å². The van der Waals surface area contributed by atoms with Crippen LogP contribution in [-0.4, -0.2) is 34.9 Å². The number of aliphatic carboxylic acids is 1. The Morgan fingerprint density at radius 3 is 2.52 bits per heavy atom. The van der Waals surface area contributed by atoms with Gasteiger partial charge in [-0.15, -0.1) is 0 Å². The lowest BCUT2D eigenvalue weighted by atomic mass is 9.72. The molecule has 5 nitrogen and oxygen atoms in total. The monoisotopic (exact) mass is 402 g/mol. The van der Waals surface area contributed by atoms with Gasteiger partial charge in [-0.2, -0.15) is 0 Å². The first kappa shape index (κ1) is 24.6. The largest absolute Gasteiger partial charge is 0.481 e. The van der Waals surface area contributed by atoms with E-state index in [9.17, 15) is 14.7 Å². The van der Waals surface area contributed by atoms with Crippen molar-refractivity contribution in [3.8, 4) is 0 Å². The van der Waals surface area contributed by atoms with Crippen LogP contribution in [0.1, 0.15) is 60.3 Å². The third kappa shape index (κ3) is 9.09. The molecule has 1 rings (SSSR count). The van der Waals surface area contributed by atoms with Gasteiger partial charge in [0.1, 0.15) is 6.61 Å². The van der Waals surface area contributed by atoms with Gasteiger partial charge in [0.25, 0.3) is 0 Å². The molecular weight excluding hydrogens is 368 g/mol. The van der Waals surface area contributed by atoms with E-state index in [0.717, 1.165) is 11.1 Å². The lowest BCUT2D eigenvalue weighted by Crippen LogP contribution is -2.25. The third-order valence-electron chi connectivity index (χ3n) is 5.04. The maximum atomic E-state index is 11.4. The molecule has 0 saturated heterocycles. The zero-order valence-electron chi connectivity index (χ0n) is 18.2. The van der Waals surface area contributed by atoms with Gasteiger partial charge in [0.05, 0.1) is 6.42 Å². The maximum Gasteiger partial charge on any atom is 0.335 e. The van der Waals surface area contributed by atoms with Crippen LogP contribution in [0.5, 0.6) is 0 Å². The average molecular weight is 403 g/mol. The Kier molecular flexibility index (Phi) is 9.83. The summed E-state index contributed by atoms with van der Waals surface area (Å²) in [6, 6.07) is 0. The molecule has 0 radical (unpaired) electrons. The summed E-state index contributed by atoms with van der Waals surface area (Å²) in [5, 5.41) is 17.9. The number of aliphatic hydroxyl groups excluding tert-OH is 1. The summed E-state index contributed by atoms with van der Waals surface area (Å²) in [7, 11) is 0. The molecule has 5 heteroatoms. The summed E-state index contributed by atoms with van der Waals surface area (Å²) in [6.45, 7) is 10.7. The number of carbonyl (C=O) groups excluding carboxylic acids is 1. The first-order chi connectivity index (χ1) is 13.5. The molecule has 1 aliphatic rings. The molecule has 0 heterocycles. The fraction of sp³-hybridized carbons (Fsp3) is 0.500. The molecule has 0 bridgehead atoms. The SMILES string of the molecule is CC(C=CC1=C(C)CCCC1(C)C)=CC=CC(C)=CCOC(=O)C(O)CC(=O)O. The molecule has 0 aromatic heterocycles. The molecule has 0 aromatic rings. The Bertz CT molecular complexity index is 747. The van der Waals surface area contributed by atoms with Crippen molar-refractivity contribution in [3.63, 3.8) is 0 Å². The van der Waals surface area contributed by atoms with Crippen LogP contribution in [-0.2, 0) is 14.3 Å². The highest BCUT2D eigenvalue weighted by Crippen LogP contribution is 2.40. The molecule has 0 fully saturated rings. The molecule has 0 saturated carbocycles. The summed E-state index contributed by atoms with van der Waals surface area (Å²) in [6.07, 6.45) is 13.3. The zero-order chi connectivity index (χ0) is 22.0. The van der Waals surface area contributed by atoms with Gasteiger partial charge in [-0.1, -0.05) is 60.9 Å². The van der Waals surface area contributed by atoms with Crippen LogP contribution in [0.25, 0.3) is 0 Å². The number of hydrogen-bond donors (Lipinski definition) is 2. The number of hydrogen-bond acceptors (Lipinski definition) is 4. The predicted octanol–water partition coefficient (Wildman–Crippen LogP) is 4.90. The standard InChI is InChI=1S/C24H34O5/c1-17(11-12-20-19(3)10-7-14-24(20,4)5)8-6-9-18(2)13-15-29-23(28)21(25)16-22(26)27/h6,8-9,11-13,21,25H,7,10,14-16H2,1-5H3,(H,26,27). The summed E-state index contributed by atoms with van der Waals surface area (Å²) in [5.41, 5.74) is 5.17. The second-order valence-corrected chi connectivity index (χ2v) is 8.23. The number of carbonyl (C=O) groups is 2. The van der Waals surface area contributed by atoms with Gasteiger partial charge in [-0.25, -0.2) is 4.79 Å². The van der Waals surface area contributed by atoms with Crippen LogP contribution in [0.3, 0.4) is 0 Å². The number of rotatable bonds is 9. The molecule has 0 aromatic carbocycles. The lowest BCUT2D eigenvalue weighted by Gasteiger charge is -2.32. The molecule has 1 unspecified atom stereocenters.